The van der Waals surface area contributed by atoms with Crippen molar-refractivity contribution in [2.75, 3.05) is 6.61 Å². The van der Waals surface area contributed by atoms with Gasteiger partial charge in [0.1, 0.15) is 0 Å². The maximum Gasteiger partial charge on any atom is 0.305 e. The predicted molar refractivity (Wildman–Crippen MR) is 123 cm³/mol. The highest BCUT2D eigenvalue weighted by Gasteiger charge is 2.36. The van der Waals surface area contributed by atoms with Crippen molar-refractivity contribution in [3.63, 3.8) is 0 Å². The predicted octanol–water partition coefficient (Wildman–Crippen LogP) is 6.22. The molecule has 0 heterocycles. The first kappa shape index (κ1) is 25.6. The van der Waals surface area contributed by atoms with Gasteiger partial charge in [-0.05, 0) is 42.4 Å². The largest absolute Gasteiger partial charge is 0.466 e. The molecule has 0 saturated heterocycles. The van der Waals surface area contributed by atoms with E-state index in [1.165, 1.54) is 5.41 Å². The number of ether oxygens (including phenoxy) is 1. The summed E-state index contributed by atoms with van der Waals surface area (Å²) in [5.74, 6) is -0.231. The summed E-state index contributed by atoms with van der Waals surface area (Å²) >= 11 is 0. The van der Waals surface area contributed by atoms with Crippen molar-refractivity contribution >= 4 is 23.9 Å². The van der Waals surface area contributed by atoms with E-state index in [-0.39, 0.29) is 27.7 Å². The number of sulfone groups is 1. The highest BCUT2D eigenvalue weighted by molar-refractivity contribution is 7.94. The summed E-state index contributed by atoms with van der Waals surface area (Å²) in [5.41, 5.74) is -0.385. The Morgan fingerprint density at radius 3 is 2.17 bits per heavy atom. The Hall–Kier alpha value is -1.40. The van der Waals surface area contributed by atoms with Gasteiger partial charge in [-0.15, -0.1) is 0 Å². The van der Waals surface area contributed by atoms with Crippen LogP contribution in [0, 0.1) is 5.41 Å². The van der Waals surface area contributed by atoms with E-state index < -0.39 is 17.9 Å². The molecule has 1 unspecified atom stereocenters. The van der Waals surface area contributed by atoms with E-state index in [4.69, 9.17) is 4.74 Å². The Bertz CT molecular complexity index is 792. The number of rotatable bonds is 10. The van der Waals surface area contributed by atoms with Crippen LogP contribution in [0.2, 0.25) is 24.2 Å². The van der Waals surface area contributed by atoms with Crippen LogP contribution in [-0.4, -0.2) is 29.1 Å². The lowest BCUT2D eigenvalue weighted by Crippen LogP contribution is -2.38. The number of hydrogen-bond donors (Lipinski definition) is 0. The molecule has 6 heteroatoms. The van der Waals surface area contributed by atoms with Crippen LogP contribution in [0.25, 0.3) is 0 Å². The van der Waals surface area contributed by atoms with Gasteiger partial charge in [-0.1, -0.05) is 71.1 Å². The molecule has 0 bridgehead atoms. The first-order valence-electron chi connectivity index (χ1n) is 10.4. The molecule has 0 amide bonds. The van der Waals surface area contributed by atoms with Crippen molar-refractivity contribution in [3.05, 3.63) is 41.8 Å². The van der Waals surface area contributed by atoms with Crippen LogP contribution in [0.4, 0.5) is 0 Å². The molecule has 1 atom stereocenters. The molecule has 0 fully saturated rings. The fraction of sp³-hybridized carbons (Fsp3) is 0.609. The highest BCUT2D eigenvalue weighted by Crippen LogP contribution is 2.43. The molecule has 1 aromatic carbocycles. The second kappa shape index (κ2) is 10.1. The second-order valence-electron chi connectivity index (χ2n) is 9.75. The number of carbonyl (C=O) groups is 1. The fourth-order valence-electron chi connectivity index (χ4n) is 2.83. The van der Waals surface area contributed by atoms with Gasteiger partial charge in [0.05, 0.1) is 19.6 Å². The van der Waals surface area contributed by atoms with Crippen LogP contribution in [0.1, 0.15) is 53.9 Å². The van der Waals surface area contributed by atoms with Gasteiger partial charge in [-0.3, -0.25) is 4.79 Å². The fourth-order valence-corrected chi connectivity index (χ4v) is 5.98. The summed E-state index contributed by atoms with van der Waals surface area (Å²) in [5, 5.41) is 1.58. The summed E-state index contributed by atoms with van der Waals surface area (Å²) < 4.78 is 30.5. The number of allylic oxidation sites excluding steroid dienone is 1. The monoisotopic (exact) mass is 438 g/mol. The molecule has 0 radical (unpaired) electrons. The Morgan fingerprint density at radius 2 is 1.66 bits per heavy atom. The first-order chi connectivity index (χ1) is 13.2. The first-order valence-corrected chi connectivity index (χ1v) is 15.1. The quantitative estimate of drug-likeness (QED) is 0.321. The summed E-state index contributed by atoms with van der Waals surface area (Å²) in [4.78, 5) is 12.2. The van der Waals surface area contributed by atoms with Gasteiger partial charge < -0.3 is 4.74 Å². The van der Waals surface area contributed by atoms with Crippen molar-refractivity contribution in [1.29, 1.82) is 0 Å². The number of carbonyl (C=O) groups excluding carboxylic acids is 1. The molecule has 0 spiro atoms. The Labute approximate surface area is 178 Å². The van der Waals surface area contributed by atoms with Crippen LogP contribution in [0.15, 0.2) is 46.7 Å². The molecule has 1 rings (SSSR count). The van der Waals surface area contributed by atoms with E-state index in [0.717, 1.165) is 12.5 Å². The summed E-state index contributed by atoms with van der Waals surface area (Å²) in [6.07, 6.45) is 3.50. The number of esters is 1. The lowest BCUT2D eigenvalue weighted by Gasteiger charge is -2.39. The van der Waals surface area contributed by atoms with Gasteiger partial charge >= 0.3 is 5.97 Å². The molecule has 1 aromatic rings. The Kier molecular flexibility index (Phi) is 8.90. The zero-order chi connectivity index (χ0) is 22.3. The average molecular weight is 439 g/mol. The van der Waals surface area contributed by atoms with Crippen LogP contribution in [-0.2, 0) is 19.4 Å². The third-order valence-electron chi connectivity index (χ3n) is 6.28. The van der Waals surface area contributed by atoms with Gasteiger partial charge in [-0.2, -0.15) is 0 Å². The van der Waals surface area contributed by atoms with E-state index in [0.29, 0.717) is 13.0 Å². The van der Waals surface area contributed by atoms with E-state index in [1.54, 1.807) is 43.3 Å². The van der Waals surface area contributed by atoms with Gasteiger partial charge in [0.2, 0.25) is 0 Å². The molecule has 0 aliphatic rings. The van der Waals surface area contributed by atoms with Crippen molar-refractivity contribution in [3.8, 4) is 0 Å². The number of hydrogen-bond acceptors (Lipinski definition) is 4. The topological polar surface area (TPSA) is 60.4 Å². The molecule has 0 aliphatic carbocycles. The smallest absolute Gasteiger partial charge is 0.305 e. The molecular formula is C23H38O4SSi. The lowest BCUT2D eigenvalue weighted by atomic mass is 9.83. The van der Waals surface area contributed by atoms with Gasteiger partial charge in [0.15, 0.2) is 9.84 Å². The van der Waals surface area contributed by atoms with Crippen LogP contribution >= 0.6 is 0 Å². The van der Waals surface area contributed by atoms with Gasteiger partial charge in [0.25, 0.3) is 0 Å². The zero-order valence-electron chi connectivity index (χ0n) is 19.1. The maximum absolute atomic E-state index is 12.7. The Morgan fingerprint density at radius 1 is 1.07 bits per heavy atom. The molecule has 0 N–H and O–H groups in total. The van der Waals surface area contributed by atoms with Gasteiger partial charge in [0, 0.05) is 11.8 Å². The summed E-state index contributed by atoms with van der Waals surface area (Å²) in [6.45, 7) is 15.8. The molecule has 4 nitrogen and oxygen atoms in total. The zero-order valence-corrected chi connectivity index (χ0v) is 20.9. The molecule has 0 aromatic heterocycles. The Balaban J connectivity index is 3.07. The average Bonchev–Trinajstić information content (AvgIpc) is 2.64. The normalized spacial score (nSPS) is 15.3. The van der Waals surface area contributed by atoms with Crippen LogP contribution in [0.3, 0.4) is 0 Å². The summed E-state index contributed by atoms with van der Waals surface area (Å²) in [6, 6.07) is 9.50. The third kappa shape index (κ3) is 8.09. The van der Waals surface area contributed by atoms with E-state index in [1.807, 2.05) is 0 Å². The standard InChI is InChI=1S/C23H38O4SSi/c1-8-27-21(24)14-15-23(5,17-19-29(6,7)22(2,3)4)16-18-28(25,26)20-12-10-9-11-13-20/h9-13,16,18H,8,14-15,17,19H2,1-7H3/b18-16+. The van der Waals surface area contributed by atoms with Crippen LogP contribution in [0.5, 0.6) is 0 Å². The molecule has 0 aliphatic heterocycles. The number of benzene rings is 1. The SMILES string of the molecule is CCOC(=O)CCC(C)(/C=C/S(=O)(=O)c1ccccc1)CC[Si](C)(C)C(C)(C)C. The van der Waals surface area contributed by atoms with Crippen LogP contribution < -0.4 is 0 Å². The highest BCUT2D eigenvalue weighted by atomic mass is 32.2. The second-order valence-corrected chi connectivity index (χ2v) is 17.4. The molecule has 164 valence electrons. The van der Waals surface area contributed by atoms with E-state index >= 15 is 0 Å². The van der Waals surface area contributed by atoms with Gasteiger partial charge in [-0.25, -0.2) is 8.42 Å². The van der Waals surface area contributed by atoms with Crippen molar-refractivity contribution in [1.82, 2.24) is 0 Å². The van der Waals surface area contributed by atoms with Crippen molar-refractivity contribution < 1.29 is 17.9 Å². The minimum absolute atomic E-state index is 0.231. The molecular weight excluding hydrogens is 400 g/mol. The lowest BCUT2D eigenvalue weighted by molar-refractivity contribution is -0.143. The minimum Gasteiger partial charge on any atom is -0.466 e. The van der Waals surface area contributed by atoms with Crippen molar-refractivity contribution in [2.45, 2.75) is 83.0 Å². The molecule has 29 heavy (non-hydrogen) atoms. The van der Waals surface area contributed by atoms with Crippen molar-refractivity contribution in [2.24, 2.45) is 5.41 Å². The minimum atomic E-state index is -3.51. The maximum atomic E-state index is 12.7. The third-order valence-corrected chi connectivity index (χ3v) is 13.3. The summed E-state index contributed by atoms with van der Waals surface area (Å²) in [7, 11) is -5.03. The molecule has 0 saturated carbocycles. The van der Waals surface area contributed by atoms with E-state index in [9.17, 15) is 13.2 Å². The van der Waals surface area contributed by atoms with E-state index in [2.05, 4.69) is 40.8 Å².